The number of fused-ring (bicyclic) bond motifs is 1. The van der Waals surface area contributed by atoms with Crippen LogP contribution in [-0.4, -0.2) is 41.3 Å². The fourth-order valence-electron chi connectivity index (χ4n) is 6.03. The highest BCUT2D eigenvalue weighted by atomic mass is 35.5. The molecule has 44 heavy (non-hydrogen) atoms. The lowest BCUT2D eigenvalue weighted by atomic mass is 9.95. The van der Waals surface area contributed by atoms with Gasteiger partial charge in [0.25, 0.3) is 0 Å². The Morgan fingerprint density at radius 3 is 2.39 bits per heavy atom. The number of carboxylic acid groups (broad SMARTS) is 1. The van der Waals surface area contributed by atoms with Crippen molar-refractivity contribution in [2.24, 2.45) is 0 Å². The Labute approximate surface area is 258 Å². The molecule has 1 fully saturated rings. The number of nitrogens with zero attached hydrogens (tertiary/aromatic N) is 5. The third-order valence-electron chi connectivity index (χ3n) is 8.25. The predicted molar refractivity (Wildman–Crippen MR) is 169 cm³/mol. The van der Waals surface area contributed by atoms with Crippen LogP contribution in [0.5, 0.6) is 5.75 Å². The van der Waals surface area contributed by atoms with Crippen LogP contribution in [0.1, 0.15) is 54.1 Å². The number of hydrogen-bond acceptors (Lipinski definition) is 6. The highest BCUT2D eigenvalue weighted by Crippen LogP contribution is 2.37. The first-order valence-corrected chi connectivity index (χ1v) is 15.0. The van der Waals surface area contributed by atoms with E-state index in [4.69, 9.17) is 21.3 Å². The molecule has 0 atom stereocenters. The van der Waals surface area contributed by atoms with Crippen molar-refractivity contribution >= 4 is 28.6 Å². The molecule has 220 valence electrons. The van der Waals surface area contributed by atoms with Gasteiger partial charge in [-0.05, 0) is 95.4 Å². The first-order valence-electron chi connectivity index (χ1n) is 14.6. The van der Waals surface area contributed by atoms with Gasteiger partial charge in [0.15, 0.2) is 0 Å². The molecule has 0 bridgehead atoms. The fourth-order valence-corrected chi connectivity index (χ4v) is 6.16. The van der Waals surface area contributed by atoms with Crippen LogP contribution in [0.15, 0.2) is 84.9 Å². The Bertz CT molecular complexity index is 1930. The molecule has 4 aromatic carbocycles. The predicted octanol–water partition coefficient (Wildman–Crippen LogP) is 7.99. The molecule has 2 aromatic heterocycles. The summed E-state index contributed by atoms with van der Waals surface area (Å²) in [7, 11) is 0. The van der Waals surface area contributed by atoms with Gasteiger partial charge in [-0.1, -0.05) is 55.1 Å². The molecule has 1 aliphatic rings. The maximum absolute atomic E-state index is 11.6. The van der Waals surface area contributed by atoms with Crippen LogP contribution >= 0.6 is 11.6 Å². The minimum atomic E-state index is -0.953. The molecule has 10 heteroatoms. The van der Waals surface area contributed by atoms with Crippen LogP contribution in [0.3, 0.4) is 0 Å². The van der Waals surface area contributed by atoms with Gasteiger partial charge in [-0.25, -0.2) is 9.78 Å². The molecule has 2 heterocycles. The first-order chi connectivity index (χ1) is 21.5. The smallest absolute Gasteiger partial charge is 0.335 e. The SMILES string of the molecule is O=C(O)c1ccc2c(c1)nc(-c1ccc(OCc3ccc(-c4nn[nH]n4)cc3-c3ccc(Cl)cc3)cc1)n2C1CCCCC1. The number of imidazole rings is 1. The molecule has 0 amide bonds. The molecule has 0 radical (unpaired) electrons. The molecule has 7 rings (SSSR count). The van der Waals surface area contributed by atoms with E-state index in [1.165, 1.54) is 19.3 Å². The van der Waals surface area contributed by atoms with Gasteiger partial charge in [-0.3, -0.25) is 0 Å². The summed E-state index contributed by atoms with van der Waals surface area (Å²) in [5.41, 5.74) is 6.70. The van der Waals surface area contributed by atoms with E-state index in [-0.39, 0.29) is 5.56 Å². The zero-order chi connectivity index (χ0) is 30.0. The molecule has 0 unspecified atom stereocenters. The van der Waals surface area contributed by atoms with Crippen molar-refractivity contribution in [2.45, 2.75) is 44.8 Å². The summed E-state index contributed by atoms with van der Waals surface area (Å²) in [6.45, 7) is 0.350. The van der Waals surface area contributed by atoms with Crippen LogP contribution in [-0.2, 0) is 6.61 Å². The standard InChI is InChI=1S/C34H29ClN6O3/c35-26-13-8-21(9-14-26)29-18-23(32-37-39-40-38-32)6-7-25(29)20-44-28-15-10-22(11-16-28)33-36-30-19-24(34(42)43)12-17-31(30)41(33)27-4-2-1-3-5-27/h6-19,27H,1-5,20H2,(H,42,43)(H,37,38,39,40). The Balaban J connectivity index is 1.17. The quantitative estimate of drug-likeness (QED) is 0.181. The average Bonchev–Trinajstić information content (AvgIpc) is 3.73. The van der Waals surface area contributed by atoms with E-state index in [0.717, 1.165) is 57.7 Å². The van der Waals surface area contributed by atoms with Gasteiger partial charge in [0.05, 0.1) is 16.6 Å². The normalized spacial score (nSPS) is 13.8. The number of aromatic amines is 1. The van der Waals surface area contributed by atoms with Crippen molar-refractivity contribution in [3.05, 3.63) is 101 Å². The summed E-state index contributed by atoms with van der Waals surface area (Å²) >= 11 is 6.16. The number of nitrogens with one attached hydrogen (secondary N) is 1. The number of H-pyrrole nitrogens is 1. The van der Waals surface area contributed by atoms with Gasteiger partial charge in [0, 0.05) is 22.2 Å². The lowest BCUT2D eigenvalue weighted by Gasteiger charge is -2.25. The number of benzene rings is 4. The second kappa shape index (κ2) is 11.9. The number of aromatic nitrogens is 6. The third kappa shape index (κ3) is 5.54. The van der Waals surface area contributed by atoms with Gasteiger partial charge in [-0.15, -0.1) is 10.2 Å². The van der Waals surface area contributed by atoms with E-state index in [1.807, 2.05) is 72.8 Å². The monoisotopic (exact) mass is 604 g/mol. The van der Waals surface area contributed by atoms with Crippen LogP contribution in [0.2, 0.25) is 5.02 Å². The molecule has 6 aromatic rings. The van der Waals surface area contributed by atoms with Crippen molar-refractivity contribution in [2.75, 3.05) is 0 Å². The highest BCUT2D eigenvalue weighted by Gasteiger charge is 2.23. The summed E-state index contributed by atoms with van der Waals surface area (Å²) in [5.74, 6) is 1.14. The van der Waals surface area contributed by atoms with Gasteiger partial charge >= 0.3 is 5.97 Å². The van der Waals surface area contributed by atoms with Crippen molar-refractivity contribution in [3.8, 4) is 39.7 Å². The maximum Gasteiger partial charge on any atom is 0.335 e. The lowest BCUT2D eigenvalue weighted by molar-refractivity contribution is 0.0697. The number of hydrogen-bond donors (Lipinski definition) is 2. The minimum absolute atomic E-state index is 0.240. The third-order valence-corrected chi connectivity index (χ3v) is 8.50. The number of carbonyl (C=O) groups is 1. The van der Waals surface area contributed by atoms with Crippen molar-refractivity contribution in [1.29, 1.82) is 0 Å². The number of carboxylic acids is 1. The van der Waals surface area contributed by atoms with E-state index in [2.05, 4.69) is 25.2 Å². The number of ether oxygens (including phenoxy) is 1. The molecule has 0 aliphatic heterocycles. The second-order valence-electron chi connectivity index (χ2n) is 11.0. The number of halogens is 1. The largest absolute Gasteiger partial charge is 0.489 e. The molecule has 0 spiro atoms. The highest BCUT2D eigenvalue weighted by molar-refractivity contribution is 6.30. The Morgan fingerprint density at radius 2 is 1.66 bits per heavy atom. The van der Waals surface area contributed by atoms with E-state index in [0.29, 0.717) is 29.0 Å². The maximum atomic E-state index is 11.6. The van der Waals surface area contributed by atoms with Crippen LogP contribution < -0.4 is 4.74 Å². The number of tetrazole rings is 1. The summed E-state index contributed by atoms with van der Waals surface area (Å²) in [6, 6.07) is 27.2. The molecular weight excluding hydrogens is 576 g/mol. The lowest BCUT2D eigenvalue weighted by Crippen LogP contribution is -2.14. The van der Waals surface area contributed by atoms with E-state index in [9.17, 15) is 9.90 Å². The molecule has 2 N–H and O–H groups in total. The Morgan fingerprint density at radius 1 is 0.909 bits per heavy atom. The molecule has 1 aliphatic carbocycles. The zero-order valence-corrected chi connectivity index (χ0v) is 24.5. The first kappa shape index (κ1) is 27.8. The zero-order valence-electron chi connectivity index (χ0n) is 23.8. The molecular formula is C34H29ClN6O3. The van der Waals surface area contributed by atoms with E-state index >= 15 is 0 Å². The van der Waals surface area contributed by atoms with Crippen LogP contribution in [0.4, 0.5) is 0 Å². The Kier molecular flexibility index (Phi) is 7.54. The number of aromatic carboxylic acids is 1. The minimum Gasteiger partial charge on any atom is -0.489 e. The van der Waals surface area contributed by atoms with Crippen molar-refractivity contribution in [1.82, 2.24) is 30.2 Å². The molecule has 0 saturated heterocycles. The Hall–Kier alpha value is -5.02. The van der Waals surface area contributed by atoms with Crippen molar-refractivity contribution in [3.63, 3.8) is 0 Å². The summed E-state index contributed by atoms with van der Waals surface area (Å²) in [6.07, 6.45) is 5.77. The van der Waals surface area contributed by atoms with E-state index < -0.39 is 5.97 Å². The van der Waals surface area contributed by atoms with Gasteiger partial charge < -0.3 is 14.4 Å². The summed E-state index contributed by atoms with van der Waals surface area (Å²) in [5, 5.41) is 24.6. The summed E-state index contributed by atoms with van der Waals surface area (Å²) in [4.78, 5) is 16.6. The fraction of sp³-hybridized carbons (Fsp3) is 0.206. The summed E-state index contributed by atoms with van der Waals surface area (Å²) < 4.78 is 8.58. The van der Waals surface area contributed by atoms with E-state index in [1.54, 1.807) is 12.1 Å². The van der Waals surface area contributed by atoms with Crippen molar-refractivity contribution < 1.29 is 14.6 Å². The molecule has 9 nitrogen and oxygen atoms in total. The van der Waals surface area contributed by atoms with Crippen LogP contribution in [0.25, 0.3) is 44.9 Å². The second-order valence-corrected chi connectivity index (χ2v) is 11.5. The van der Waals surface area contributed by atoms with Gasteiger partial charge in [0.1, 0.15) is 18.2 Å². The van der Waals surface area contributed by atoms with Crippen LogP contribution in [0, 0.1) is 0 Å². The number of rotatable bonds is 8. The topological polar surface area (TPSA) is 119 Å². The van der Waals surface area contributed by atoms with Gasteiger partial charge in [0.2, 0.25) is 5.82 Å². The average molecular weight is 605 g/mol. The van der Waals surface area contributed by atoms with Gasteiger partial charge in [-0.2, -0.15) is 5.21 Å². The molecule has 1 saturated carbocycles.